The van der Waals surface area contributed by atoms with Crippen molar-refractivity contribution in [2.75, 3.05) is 0 Å². The first-order valence-corrected chi connectivity index (χ1v) is 6.33. The summed E-state index contributed by atoms with van der Waals surface area (Å²) in [5.74, 6) is -0.623. The molecule has 0 heterocycles. The summed E-state index contributed by atoms with van der Waals surface area (Å²) in [5, 5.41) is 11.0. The monoisotopic (exact) mass is 295 g/mol. The van der Waals surface area contributed by atoms with Crippen LogP contribution < -0.4 is 4.74 Å². The van der Waals surface area contributed by atoms with Gasteiger partial charge in [0.15, 0.2) is 11.6 Å². The number of ether oxygens (including phenoxy) is 1. The summed E-state index contributed by atoms with van der Waals surface area (Å²) < 4.78 is 19.3. The Bertz CT molecular complexity index is 661. The van der Waals surface area contributed by atoms with Crippen LogP contribution in [-0.2, 0) is 5.88 Å². The van der Waals surface area contributed by atoms with Gasteiger partial charge in [0.25, 0.3) is 0 Å². The molecule has 0 saturated carbocycles. The maximum atomic E-state index is 13.8. The second kappa shape index (κ2) is 5.88. The highest BCUT2D eigenvalue weighted by Gasteiger charge is 2.20. The number of nitro groups is 1. The molecule has 0 N–H and O–H groups in total. The molecule has 0 spiro atoms. The lowest BCUT2D eigenvalue weighted by Gasteiger charge is -2.12. The van der Waals surface area contributed by atoms with Crippen molar-refractivity contribution in [3.63, 3.8) is 0 Å². The van der Waals surface area contributed by atoms with E-state index in [4.69, 9.17) is 16.3 Å². The number of alkyl halides is 1. The minimum absolute atomic E-state index is 0.0222. The lowest BCUT2D eigenvalue weighted by Crippen LogP contribution is -1.99. The molecule has 0 unspecified atom stereocenters. The highest BCUT2D eigenvalue weighted by molar-refractivity contribution is 6.17. The standard InChI is InChI=1S/C14H11ClFNO3/c1-9-4-2-7-12(17(18)19)13(9)20-14-10(8-15)5-3-6-11(14)16/h2-7H,8H2,1H3. The molecule has 0 atom stereocenters. The zero-order valence-corrected chi connectivity index (χ0v) is 11.4. The van der Waals surface area contributed by atoms with Gasteiger partial charge in [-0.2, -0.15) is 0 Å². The third-order valence-corrected chi connectivity index (χ3v) is 3.07. The molecule has 0 bridgehead atoms. The van der Waals surface area contributed by atoms with E-state index in [1.807, 2.05) is 0 Å². The van der Waals surface area contributed by atoms with Crippen molar-refractivity contribution in [1.29, 1.82) is 0 Å². The van der Waals surface area contributed by atoms with E-state index in [-0.39, 0.29) is 23.1 Å². The van der Waals surface area contributed by atoms with Gasteiger partial charge in [-0.15, -0.1) is 11.6 Å². The van der Waals surface area contributed by atoms with E-state index in [9.17, 15) is 14.5 Å². The summed E-state index contributed by atoms with van der Waals surface area (Å²) >= 11 is 5.73. The molecular formula is C14H11ClFNO3. The number of hydrogen-bond acceptors (Lipinski definition) is 3. The highest BCUT2D eigenvalue weighted by atomic mass is 35.5. The smallest absolute Gasteiger partial charge is 0.311 e. The van der Waals surface area contributed by atoms with Gasteiger partial charge in [0, 0.05) is 11.6 Å². The van der Waals surface area contributed by atoms with Gasteiger partial charge in [-0.1, -0.05) is 24.3 Å². The number of nitrogens with zero attached hydrogens (tertiary/aromatic N) is 1. The van der Waals surface area contributed by atoms with Crippen LogP contribution in [0.1, 0.15) is 11.1 Å². The second-order valence-corrected chi connectivity index (χ2v) is 4.41. The Kier molecular flexibility index (Phi) is 4.20. The molecule has 0 amide bonds. The van der Waals surface area contributed by atoms with E-state index in [0.29, 0.717) is 11.1 Å². The first kappa shape index (κ1) is 14.3. The van der Waals surface area contributed by atoms with Gasteiger partial charge < -0.3 is 4.74 Å². The maximum absolute atomic E-state index is 13.8. The maximum Gasteiger partial charge on any atom is 0.311 e. The van der Waals surface area contributed by atoms with Gasteiger partial charge in [0.2, 0.25) is 5.75 Å². The third kappa shape index (κ3) is 2.72. The number of rotatable bonds is 4. The Morgan fingerprint density at radius 2 is 1.95 bits per heavy atom. The molecule has 0 aromatic heterocycles. The molecule has 104 valence electrons. The highest BCUT2D eigenvalue weighted by Crippen LogP contribution is 2.37. The Balaban J connectivity index is 2.53. The van der Waals surface area contributed by atoms with Crippen LogP contribution in [0.2, 0.25) is 0 Å². The molecule has 2 aromatic rings. The van der Waals surface area contributed by atoms with E-state index in [1.165, 1.54) is 18.2 Å². The van der Waals surface area contributed by atoms with Crippen LogP contribution in [0.25, 0.3) is 0 Å². The Morgan fingerprint density at radius 1 is 1.25 bits per heavy atom. The topological polar surface area (TPSA) is 52.4 Å². The summed E-state index contributed by atoms with van der Waals surface area (Å²) in [7, 11) is 0. The molecule has 6 heteroatoms. The number of hydrogen-bond donors (Lipinski definition) is 0. The van der Waals surface area contributed by atoms with Gasteiger partial charge >= 0.3 is 5.69 Å². The number of benzene rings is 2. The predicted octanol–water partition coefficient (Wildman–Crippen LogP) is 4.57. The van der Waals surface area contributed by atoms with Crippen molar-refractivity contribution in [2.24, 2.45) is 0 Å². The average Bonchev–Trinajstić information content (AvgIpc) is 2.42. The van der Waals surface area contributed by atoms with E-state index in [2.05, 4.69) is 0 Å². The zero-order chi connectivity index (χ0) is 14.7. The van der Waals surface area contributed by atoms with Crippen molar-refractivity contribution in [3.05, 3.63) is 63.5 Å². The van der Waals surface area contributed by atoms with Crippen LogP contribution in [0.5, 0.6) is 11.5 Å². The molecule has 0 fully saturated rings. The van der Waals surface area contributed by atoms with Crippen LogP contribution in [0.15, 0.2) is 36.4 Å². The first-order valence-electron chi connectivity index (χ1n) is 5.79. The van der Waals surface area contributed by atoms with Crippen LogP contribution in [0.4, 0.5) is 10.1 Å². The normalized spacial score (nSPS) is 10.3. The van der Waals surface area contributed by atoms with Crippen molar-refractivity contribution in [1.82, 2.24) is 0 Å². The van der Waals surface area contributed by atoms with E-state index >= 15 is 0 Å². The van der Waals surface area contributed by atoms with Crippen LogP contribution >= 0.6 is 11.6 Å². The minimum Gasteiger partial charge on any atom is -0.446 e. The summed E-state index contributed by atoms with van der Waals surface area (Å²) in [6.07, 6.45) is 0. The first-order chi connectivity index (χ1) is 9.54. The quantitative estimate of drug-likeness (QED) is 0.471. The molecule has 2 rings (SSSR count). The Labute approximate surface area is 119 Å². The fourth-order valence-corrected chi connectivity index (χ4v) is 2.00. The van der Waals surface area contributed by atoms with E-state index in [0.717, 1.165) is 0 Å². The van der Waals surface area contributed by atoms with E-state index < -0.39 is 10.7 Å². The predicted molar refractivity (Wildman–Crippen MR) is 73.9 cm³/mol. The Morgan fingerprint density at radius 3 is 2.60 bits per heavy atom. The van der Waals surface area contributed by atoms with Gasteiger partial charge in [0.1, 0.15) is 0 Å². The molecule has 4 nitrogen and oxygen atoms in total. The molecule has 2 aromatic carbocycles. The largest absolute Gasteiger partial charge is 0.446 e. The molecule has 0 saturated heterocycles. The lowest BCUT2D eigenvalue weighted by atomic mass is 10.2. The van der Waals surface area contributed by atoms with Gasteiger partial charge in [-0.3, -0.25) is 10.1 Å². The van der Waals surface area contributed by atoms with Crippen LogP contribution in [0, 0.1) is 22.9 Å². The average molecular weight is 296 g/mol. The van der Waals surface area contributed by atoms with E-state index in [1.54, 1.807) is 25.1 Å². The molecule has 0 aliphatic heterocycles. The van der Waals surface area contributed by atoms with Gasteiger partial charge in [-0.05, 0) is 18.6 Å². The van der Waals surface area contributed by atoms with Crippen molar-refractivity contribution < 1.29 is 14.1 Å². The number of halogens is 2. The van der Waals surface area contributed by atoms with Crippen LogP contribution in [0.3, 0.4) is 0 Å². The summed E-state index contributed by atoms with van der Waals surface area (Å²) in [4.78, 5) is 10.4. The second-order valence-electron chi connectivity index (χ2n) is 4.14. The molecule has 20 heavy (non-hydrogen) atoms. The zero-order valence-electron chi connectivity index (χ0n) is 10.6. The number of para-hydroxylation sites is 2. The molecule has 0 radical (unpaired) electrons. The third-order valence-electron chi connectivity index (χ3n) is 2.78. The fraction of sp³-hybridized carbons (Fsp3) is 0.143. The SMILES string of the molecule is Cc1cccc([N+](=O)[O-])c1Oc1c(F)cccc1CCl. The lowest BCUT2D eigenvalue weighted by molar-refractivity contribution is -0.385. The minimum atomic E-state index is -0.610. The van der Waals surface area contributed by atoms with Crippen molar-refractivity contribution in [3.8, 4) is 11.5 Å². The summed E-state index contributed by atoms with van der Waals surface area (Å²) in [6, 6.07) is 8.84. The summed E-state index contributed by atoms with van der Waals surface area (Å²) in [6.45, 7) is 1.66. The molecular weight excluding hydrogens is 285 g/mol. The number of aryl methyl sites for hydroxylation is 1. The fourth-order valence-electron chi connectivity index (χ4n) is 1.79. The van der Waals surface area contributed by atoms with Gasteiger partial charge in [0.05, 0.1) is 10.8 Å². The molecule has 0 aliphatic rings. The molecule has 0 aliphatic carbocycles. The summed E-state index contributed by atoms with van der Waals surface area (Å²) in [5.41, 5.74) is 0.765. The number of nitro benzene ring substituents is 1. The van der Waals surface area contributed by atoms with Crippen molar-refractivity contribution in [2.45, 2.75) is 12.8 Å². The van der Waals surface area contributed by atoms with Crippen molar-refractivity contribution >= 4 is 17.3 Å². The van der Waals surface area contributed by atoms with Crippen LogP contribution in [-0.4, -0.2) is 4.92 Å². The Hall–Kier alpha value is -2.14. The van der Waals surface area contributed by atoms with Gasteiger partial charge in [-0.25, -0.2) is 4.39 Å².